The maximum atomic E-state index is 11.5. The summed E-state index contributed by atoms with van der Waals surface area (Å²) in [5.41, 5.74) is 4.73. The van der Waals surface area contributed by atoms with Crippen LogP contribution in [0.2, 0.25) is 0 Å². The Hall–Kier alpha value is -2.24. The summed E-state index contributed by atoms with van der Waals surface area (Å²) in [6.07, 6.45) is 1.19. The average Bonchev–Trinajstić information content (AvgIpc) is 2.97. The van der Waals surface area contributed by atoms with E-state index in [4.69, 9.17) is 0 Å². The van der Waals surface area contributed by atoms with Crippen LogP contribution in [0.15, 0.2) is 59.5 Å². The van der Waals surface area contributed by atoms with Crippen LogP contribution in [0.1, 0.15) is 24.3 Å². The maximum Gasteiger partial charge on any atom is 0.0761 e. The Balaban J connectivity index is 2.03. The Morgan fingerprint density at radius 1 is 1.08 bits per heavy atom. The highest BCUT2D eigenvalue weighted by atomic mass is 32.2. The van der Waals surface area contributed by atoms with Gasteiger partial charge in [-0.25, -0.2) is 4.68 Å². The molecule has 0 aliphatic rings. The number of benzene rings is 2. The van der Waals surface area contributed by atoms with Crippen molar-refractivity contribution in [2.45, 2.75) is 24.8 Å². The lowest BCUT2D eigenvalue weighted by atomic mass is 10.1. The van der Waals surface area contributed by atoms with E-state index in [1.165, 1.54) is 0 Å². The highest BCUT2D eigenvalue weighted by Crippen LogP contribution is 2.25. The number of aliphatic hydroxyl groups is 1. The molecule has 4 nitrogen and oxygen atoms in total. The Kier molecular flexibility index (Phi) is 4.64. The van der Waals surface area contributed by atoms with E-state index in [-0.39, 0.29) is 0 Å². The van der Waals surface area contributed by atoms with Gasteiger partial charge in [-0.2, -0.15) is 5.10 Å². The van der Waals surface area contributed by atoms with Gasteiger partial charge in [0, 0.05) is 27.5 Å². The molecule has 0 saturated heterocycles. The second-order valence-electron chi connectivity index (χ2n) is 5.83. The van der Waals surface area contributed by atoms with E-state index in [0.29, 0.717) is 0 Å². The topological polar surface area (TPSA) is 55.1 Å². The molecule has 0 bridgehead atoms. The van der Waals surface area contributed by atoms with E-state index in [1.807, 2.05) is 66.2 Å². The molecular weight excluding hydrogens is 320 g/mol. The number of rotatable bonds is 4. The van der Waals surface area contributed by atoms with E-state index in [1.54, 1.807) is 13.2 Å². The number of hydrogen-bond donors (Lipinski definition) is 1. The summed E-state index contributed by atoms with van der Waals surface area (Å²) in [4.78, 5) is 0.808. The Labute approximate surface area is 144 Å². The average molecular weight is 340 g/mol. The van der Waals surface area contributed by atoms with Crippen molar-refractivity contribution in [3.63, 3.8) is 0 Å². The van der Waals surface area contributed by atoms with Gasteiger partial charge >= 0.3 is 0 Å². The Morgan fingerprint density at radius 3 is 2.25 bits per heavy atom. The number of hydrogen-bond acceptors (Lipinski definition) is 3. The van der Waals surface area contributed by atoms with Crippen LogP contribution in [-0.4, -0.2) is 25.4 Å². The fourth-order valence-electron chi connectivity index (χ4n) is 2.61. The van der Waals surface area contributed by atoms with Crippen LogP contribution in [0.3, 0.4) is 0 Å². The van der Waals surface area contributed by atoms with Crippen molar-refractivity contribution in [3.05, 3.63) is 65.9 Å². The molecule has 0 aliphatic carbocycles. The van der Waals surface area contributed by atoms with Gasteiger partial charge in [-0.1, -0.05) is 24.3 Å². The third kappa shape index (κ3) is 3.32. The van der Waals surface area contributed by atoms with Crippen LogP contribution in [-0.2, 0) is 10.8 Å². The molecule has 1 aromatic heterocycles. The van der Waals surface area contributed by atoms with Crippen molar-refractivity contribution in [1.29, 1.82) is 0 Å². The molecule has 0 amide bonds. The zero-order valence-corrected chi connectivity index (χ0v) is 14.7. The lowest BCUT2D eigenvalue weighted by Gasteiger charge is -2.10. The minimum Gasteiger partial charge on any atom is -0.389 e. The van der Waals surface area contributed by atoms with E-state index in [9.17, 15) is 9.32 Å². The van der Waals surface area contributed by atoms with Crippen LogP contribution in [0, 0.1) is 6.92 Å². The van der Waals surface area contributed by atoms with Gasteiger partial charge in [0.15, 0.2) is 0 Å². The summed E-state index contributed by atoms with van der Waals surface area (Å²) in [7, 11) is -0.983. The van der Waals surface area contributed by atoms with Crippen LogP contribution >= 0.6 is 0 Å². The Morgan fingerprint density at radius 2 is 1.71 bits per heavy atom. The molecule has 2 aromatic carbocycles. The van der Waals surface area contributed by atoms with Crippen LogP contribution in [0.4, 0.5) is 0 Å². The van der Waals surface area contributed by atoms with Crippen molar-refractivity contribution in [1.82, 2.24) is 9.78 Å². The molecule has 3 aromatic rings. The van der Waals surface area contributed by atoms with Gasteiger partial charge in [0.05, 0.1) is 23.2 Å². The SMILES string of the molecule is Cc1cc(-c2ccc(S(C)=O)cc2)n(-c2ccc(C(C)O)cc2)n1. The molecule has 5 heteroatoms. The van der Waals surface area contributed by atoms with Gasteiger partial charge < -0.3 is 5.11 Å². The molecule has 0 aliphatic heterocycles. The highest BCUT2D eigenvalue weighted by Gasteiger charge is 2.11. The standard InChI is InChI=1S/C19H20N2O2S/c1-13-12-19(16-6-10-18(11-7-16)24(3)23)21(20-13)17-8-4-15(5-9-17)14(2)22/h4-12,14,22H,1-3H3. The fourth-order valence-corrected chi connectivity index (χ4v) is 3.13. The molecule has 2 unspecified atom stereocenters. The largest absolute Gasteiger partial charge is 0.389 e. The second-order valence-corrected chi connectivity index (χ2v) is 7.21. The maximum absolute atomic E-state index is 11.5. The molecule has 0 spiro atoms. The first kappa shape index (κ1) is 16.6. The summed E-state index contributed by atoms with van der Waals surface area (Å²) < 4.78 is 13.4. The van der Waals surface area contributed by atoms with Crippen molar-refractivity contribution < 1.29 is 9.32 Å². The van der Waals surface area contributed by atoms with Crippen LogP contribution < -0.4 is 0 Å². The first-order valence-corrected chi connectivity index (χ1v) is 9.30. The van der Waals surface area contributed by atoms with Gasteiger partial charge in [0.25, 0.3) is 0 Å². The lowest BCUT2D eigenvalue weighted by Crippen LogP contribution is -2.00. The predicted octanol–water partition coefficient (Wildman–Crippen LogP) is 3.64. The molecule has 0 saturated carbocycles. The number of nitrogens with zero attached hydrogens (tertiary/aromatic N) is 2. The van der Waals surface area contributed by atoms with Gasteiger partial charge in [-0.05, 0) is 49.7 Å². The van der Waals surface area contributed by atoms with E-state index in [0.717, 1.165) is 33.1 Å². The van der Waals surface area contributed by atoms with Crippen molar-refractivity contribution in [2.75, 3.05) is 6.26 Å². The molecule has 2 atom stereocenters. The molecule has 124 valence electrons. The normalized spacial score (nSPS) is 13.7. The molecule has 0 fully saturated rings. The summed E-state index contributed by atoms with van der Waals surface area (Å²) in [5.74, 6) is 0. The predicted molar refractivity (Wildman–Crippen MR) is 96.7 cm³/mol. The summed E-state index contributed by atoms with van der Waals surface area (Å²) in [6.45, 7) is 3.71. The van der Waals surface area contributed by atoms with Gasteiger partial charge in [0.2, 0.25) is 0 Å². The molecule has 1 heterocycles. The van der Waals surface area contributed by atoms with Crippen LogP contribution in [0.5, 0.6) is 0 Å². The number of aromatic nitrogens is 2. The van der Waals surface area contributed by atoms with Gasteiger partial charge in [0.1, 0.15) is 0 Å². The van der Waals surface area contributed by atoms with Crippen molar-refractivity contribution in [3.8, 4) is 16.9 Å². The van der Waals surface area contributed by atoms with E-state index < -0.39 is 16.9 Å². The number of aliphatic hydroxyl groups excluding tert-OH is 1. The van der Waals surface area contributed by atoms with Gasteiger partial charge in [-0.3, -0.25) is 4.21 Å². The zero-order chi connectivity index (χ0) is 17.3. The lowest BCUT2D eigenvalue weighted by molar-refractivity contribution is 0.199. The quantitative estimate of drug-likeness (QED) is 0.789. The molecular formula is C19H20N2O2S. The first-order chi connectivity index (χ1) is 11.5. The van der Waals surface area contributed by atoms with Crippen LogP contribution in [0.25, 0.3) is 16.9 Å². The fraction of sp³-hybridized carbons (Fsp3) is 0.211. The van der Waals surface area contributed by atoms with Crippen molar-refractivity contribution in [2.24, 2.45) is 0 Å². The summed E-state index contributed by atoms with van der Waals surface area (Å²) in [6, 6.07) is 17.4. The zero-order valence-electron chi connectivity index (χ0n) is 13.9. The smallest absolute Gasteiger partial charge is 0.0761 e. The molecule has 1 N–H and O–H groups in total. The third-order valence-electron chi connectivity index (χ3n) is 3.93. The van der Waals surface area contributed by atoms with E-state index in [2.05, 4.69) is 5.10 Å². The monoisotopic (exact) mass is 340 g/mol. The third-order valence-corrected chi connectivity index (χ3v) is 4.87. The molecule has 24 heavy (non-hydrogen) atoms. The highest BCUT2D eigenvalue weighted by molar-refractivity contribution is 7.84. The van der Waals surface area contributed by atoms with E-state index >= 15 is 0 Å². The Bertz CT molecular complexity index is 865. The summed E-state index contributed by atoms with van der Waals surface area (Å²) in [5, 5.41) is 14.2. The second kappa shape index (κ2) is 6.71. The molecule has 0 radical (unpaired) electrons. The minimum absolute atomic E-state index is 0.486. The van der Waals surface area contributed by atoms with Gasteiger partial charge in [-0.15, -0.1) is 0 Å². The first-order valence-electron chi connectivity index (χ1n) is 7.74. The minimum atomic E-state index is -0.983. The van der Waals surface area contributed by atoms with Crippen molar-refractivity contribution >= 4 is 10.8 Å². The number of aryl methyl sites for hydroxylation is 1. The molecule has 3 rings (SSSR count). The summed E-state index contributed by atoms with van der Waals surface area (Å²) >= 11 is 0.